The standard InChI is InChI=1S/C24H35N3O3/c1-24(2,3)17-10-16-6-8-26(23(28)27-12-19-5-4-18(27)14-30-19)13-21(16)20(11-17)22-15-29-9-7-25-22/h10-11,18-19,22,25H,4-9,12-15H2,1-3H3/t18-,19?,22+/m1/s1. The molecule has 3 atom stereocenters. The maximum Gasteiger partial charge on any atom is 0.320 e. The number of rotatable bonds is 1. The molecule has 2 amide bonds. The Kier molecular flexibility index (Phi) is 5.28. The summed E-state index contributed by atoms with van der Waals surface area (Å²) in [5.41, 5.74) is 5.51. The molecule has 1 aromatic rings. The van der Waals surface area contributed by atoms with Crippen LogP contribution >= 0.6 is 0 Å². The Morgan fingerprint density at radius 1 is 1.20 bits per heavy atom. The van der Waals surface area contributed by atoms with Crippen LogP contribution in [0.3, 0.4) is 0 Å². The Balaban J connectivity index is 1.44. The third kappa shape index (κ3) is 3.74. The summed E-state index contributed by atoms with van der Waals surface area (Å²) in [6, 6.07) is 5.37. The highest BCUT2D eigenvalue weighted by atomic mass is 16.5. The molecule has 0 saturated carbocycles. The van der Waals surface area contributed by atoms with E-state index >= 15 is 0 Å². The first-order valence-corrected chi connectivity index (χ1v) is 11.5. The van der Waals surface area contributed by atoms with Gasteiger partial charge in [0.1, 0.15) is 0 Å². The topological polar surface area (TPSA) is 54.0 Å². The maximum atomic E-state index is 13.4. The van der Waals surface area contributed by atoms with E-state index in [1.54, 1.807) is 0 Å². The Labute approximate surface area is 179 Å². The van der Waals surface area contributed by atoms with E-state index in [2.05, 4.69) is 48.0 Å². The molecule has 0 radical (unpaired) electrons. The first-order chi connectivity index (χ1) is 14.4. The van der Waals surface area contributed by atoms with Gasteiger partial charge in [0.2, 0.25) is 0 Å². The van der Waals surface area contributed by atoms with Gasteiger partial charge in [-0.2, -0.15) is 0 Å². The Morgan fingerprint density at radius 3 is 2.70 bits per heavy atom. The Morgan fingerprint density at radius 2 is 2.07 bits per heavy atom. The highest BCUT2D eigenvalue weighted by Gasteiger charge is 2.40. The van der Waals surface area contributed by atoms with E-state index in [0.717, 1.165) is 45.5 Å². The zero-order chi connectivity index (χ0) is 20.9. The van der Waals surface area contributed by atoms with Crippen molar-refractivity contribution >= 4 is 6.03 Å². The van der Waals surface area contributed by atoms with Gasteiger partial charge in [0.25, 0.3) is 0 Å². The molecule has 0 spiro atoms. The average molecular weight is 414 g/mol. The molecule has 164 valence electrons. The summed E-state index contributed by atoms with van der Waals surface area (Å²) in [5, 5.41) is 3.64. The molecule has 2 bridgehead atoms. The molecule has 1 N–H and O–H groups in total. The average Bonchev–Trinajstić information content (AvgIpc) is 2.78. The van der Waals surface area contributed by atoms with Gasteiger partial charge in [-0.05, 0) is 46.9 Å². The zero-order valence-corrected chi connectivity index (χ0v) is 18.6. The number of nitrogens with one attached hydrogen (secondary N) is 1. The van der Waals surface area contributed by atoms with E-state index in [0.29, 0.717) is 19.8 Å². The number of morpholine rings is 2. The number of carbonyl (C=O) groups is 1. The van der Waals surface area contributed by atoms with Crippen LogP contribution in [0.1, 0.15) is 61.9 Å². The third-order valence-corrected chi connectivity index (χ3v) is 7.24. The second kappa shape index (κ2) is 7.81. The molecule has 5 aliphatic rings. The minimum atomic E-state index is 0.0965. The lowest BCUT2D eigenvalue weighted by molar-refractivity contribution is -0.0923. The molecule has 4 saturated heterocycles. The number of amides is 2. The van der Waals surface area contributed by atoms with Gasteiger partial charge in [-0.15, -0.1) is 0 Å². The van der Waals surface area contributed by atoms with E-state index in [1.165, 1.54) is 22.3 Å². The van der Waals surface area contributed by atoms with Crippen LogP contribution < -0.4 is 5.32 Å². The summed E-state index contributed by atoms with van der Waals surface area (Å²) in [5.74, 6) is 0. The summed E-state index contributed by atoms with van der Waals surface area (Å²) in [6.07, 6.45) is 3.31. The van der Waals surface area contributed by atoms with Crippen molar-refractivity contribution in [3.63, 3.8) is 0 Å². The van der Waals surface area contributed by atoms with Crippen LogP contribution in [0.15, 0.2) is 12.1 Å². The van der Waals surface area contributed by atoms with Gasteiger partial charge in [-0.25, -0.2) is 4.79 Å². The lowest BCUT2D eigenvalue weighted by Gasteiger charge is -2.47. The van der Waals surface area contributed by atoms with Crippen molar-refractivity contribution in [3.8, 4) is 0 Å². The number of hydrogen-bond donors (Lipinski definition) is 1. The molecule has 1 unspecified atom stereocenters. The van der Waals surface area contributed by atoms with Crippen LogP contribution in [0, 0.1) is 0 Å². The number of ether oxygens (including phenoxy) is 2. The van der Waals surface area contributed by atoms with Gasteiger partial charge in [0, 0.05) is 26.2 Å². The summed E-state index contributed by atoms with van der Waals surface area (Å²) >= 11 is 0. The number of urea groups is 1. The van der Waals surface area contributed by atoms with Crippen molar-refractivity contribution in [2.75, 3.05) is 39.5 Å². The quantitative estimate of drug-likeness (QED) is 0.769. The number of nitrogens with zero attached hydrogens (tertiary/aromatic N) is 2. The molecule has 0 aromatic heterocycles. The lowest BCUT2D eigenvalue weighted by Crippen LogP contribution is -2.60. The van der Waals surface area contributed by atoms with Crippen LogP contribution in [0.4, 0.5) is 4.79 Å². The summed E-state index contributed by atoms with van der Waals surface area (Å²) < 4.78 is 11.6. The number of hydrogen-bond acceptors (Lipinski definition) is 4. The predicted octanol–water partition coefficient (Wildman–Crippen LogP) is 2.99. The largest absolute Gasteiger partial charge is 0.378 e. The van der Waals surface area contributed by atoms with Crippen molar-refractivity contribution in [3.05, 3.63) is 34.4 Å². The molecule has 6 rings (SSSR count). The smallest absolute Gasteiger partial charge is 0.320 e. The van der Waals surface area contributed by atoms with E-state index in [1.807, 2.05) is 0 Å². The third-order valence-electron chi connectivity index (χ3n) is 7.24. The van der Waals surface area contributed by atoms with Crippen LogP contribution in [0.5, 0.6) is 0 Å². The summed E-state index contributed by atoms with van der Waals surface area (Å²) in [7, 11) is 0. The fraction of sp³-hybridized carbons (Fsp3) is 0.708. The molecular weight excluding hydrogens is 378 g/mol. The first-order valence-electron chi connectivity index (χ1n) is 11.5. The molecule has 5 aliphatic heterocycles. The summed E-state index contributed by atoms with van der Waals surface area (Å²) in [6.45, 7) is 12.1. The fourth-order valence-electron chi connectivity index (χ4n) is 5.34. The second-order valence-electron chi connectivity index (χ2n) is 10.3. The van der Waals surface area contributed by atoms with Gasteiger partial charge >= 0.3 is 6.03 Å². The number of piperidine rings is 1. The maximum absolute atomic E-state index is 13.4. The molecule has 0 aliphatic carbocycles. The highest BCUT2D eigenvalue weighted by molar-refractivity contribution is 5.75. The number of fused-ring (bicyclic) bond motifs is 4. The normalized spacial score (nSPS) is 29.1. The van der Waals surface area contributed by atoms with Gasteiger partial charge < -0.3 is 24.6 Å². The van der Waals surface area contributed by atoms with E-state index < -0.39 is 0 Å². The first kappa shape index (κ1) is 20.3. The van der Waals surface area contributed by atoms with Crippen molar-refractivity contribution in [2.24, 2.45) is 0 Å². The molecular formula is C24H35N3O3. The van der Waals surface area contributed by atoms with Crippen molar-refractivity contribution in [2.45, 2.75) is 70.2 Å². The van der Waals surface area contributed by atoms with Crippen molar-refractivity contribution in [1.82, 2.24) is 15.1 Å². The van der Waals surface area contributed by atoms with Crippen LogP contribution in [0.2, 0.25) is 0 Å². The summed E-state index contributed by atoms with van der Waals surface area (Å²) in [4.78, 5) is 17.6. The van der Waals surface area contributed by atoms with Crippen molar-refractivity contribution in [1.29, 1.82) is 0 Å². The fourth-order valence-corrected chi connectivity index (χ4v) is 5.34. The van der Waals surface area contributed by atoms with E-state index in [9.17, 15) is 4.79 Å². The van der Waals surface area contributed by atoms with E-state index in [4.69, 9.17) is 9.47 Å². The monoisotopic (exact) mass is 413 g/mol. The zero-order valence-electron chi connectivity index (χ0n) is 18.6. The predicted molar refractivity (Wildman–Crippen MR) is 116 cm³/mol. The minimum absolute atomic E-state index is 0.0965. The van der Waals surface area contributed by atoms with Gasteiger partial charge in [-0.3, -0.25) is 0 Å². The molecule has 6 nitrogen and oxygen atoms in total. The number of benzene rings is 1. The highest BCUT2D eigenvalue weighted by Crippen LogP contribution is 2.35. The molecule has 30 heavy (non-hydrogen) atoms. The molecule has 5 heterocycles. The van der Waals surface area contributed by atoms with E-state index in [-0.39, 0.29) is 29.6 Å². The van der Waals surface area contributed by atoms with Crippen molar-refractivity contribution < 1.29 is 14.3 Å². The second-order valence-corrected chi connectivity index (χ2v) is 10.3. The van der Waals surface area contributed by atoms with Crippen LogP contribution in [-0.4, -0.2) is 67.4 Å². The minimum Gasteiger partial charge on any atom is -0.378 e. The van der Waals surface area contributed by atoms with Gasteiger partial charge in [0.05, 0.1) is 38.0 Å². The van der Waals surface area contributed by atoms with Crippen LogP contribution in [-0.2, 0) is 27.9 Å². The molecule has 4 fully saturated rings. The molecule has 1 aromatic carbocycles. The lowest BCUT2D eigenvalue weighted by atomic mass is 9.80. The van der Waals surface area contributed by atoms with Gasteiger partial charge in [0.15, 0.2) is 0 Å². The van der Waals surface area contributed by atoms with Gasteiger partial charge in [-0.1, -0.05) is 32.9 Å². The number of carbonyl (C=O) groups excluding carboxylic acids is 1. The SMILES string of the molecule is CC(C)(C)c1cc2c(c([C@@H]3COCCN3)c1)CN(C(=O)N1CC3CC[C@@H]1CO3)CC2. The Hall–Kier alpha value is -1.63. The Bertz CT molecular complexity index is 805. The van der Waals surface area contributed by atoms with Crippen LogP contribution in [0.25, 0.3) is 0 Å². The molecule has 6 heteroatoms.